The first-order valence-corrected chi connectivity index (χ1v) is 7.62. The second-order valence-electron chi connectivity index (χ2n) is 4.35. The average Bonchev–Trinajstić information content (AvgIpc) is 2.48. The molecular weight excluding hydrogens is 326 g/mol. The topological polar surface area (TPSA) is 84.1 Å². The second-order valence-corrected chi connectivity index (χ2v) is 6.12. The maximum Gasteiger partial charge on any atom is 0.255 e. The van der Waals surface area contributed by atoms with Gasteiger partial charge in [-0.05, 0) is 31.2 Å². The first kappa shape index (κ1) is 16.4. The number of carbonyl (C=O) groups is 1. The number of rotatable bonds is 5. The van der Waals surface area contributed by atoms with Crippen molar-refractivity contribution in [1.82, 2.24) is 9.97 Å². The highest BCUT2D eigenvalue weighted by atomic mass is 35.5. The molecule has 0 fully saturated rings. The summed E-state index contributed by atoms with van der Waals surface area (Å²) in [5.74, 6) is -0.00523. The Labute approximate surface area is 136 Å². The van der Waals surface area contributed by atoms with E-state index in [1.165, 1.54) is 13.2 Å². The van der Waals surface area contributed by atoms with Crippen LogP contribution in [0.2, 0.25) is 5.02 Å². The molecule has 0 saturated heterocycles. The fourth-order valence-corrected chi connectivity index (χ4v) is 2.50. The van der Waals surface area contributed by atoms with Gasteiger partial charge in [0.15, 0.2) is 5.16 Å². The van der Waals surface area contributed by atoms with Gasteiger partial charge in [0, 0.05) is 10.7 Å². The van der Waals surface area contributed by atoms with E-state index < -0.39 is 5.25 Å². The van der Waals surface area contributed by atoms with Crippen molar-refractivity contribution < 1.29 is 9.53 Å². The van der Waals surface area contributed by atoms with Gasteiger partial charge in [-0.25, -0.2) is 0 Å². The lowest BCUT2D eigenvalue weighted by atomic mass is 10.3. The van der Waals surface area contributed by atoms with Crippen molar-refractivity contribution in [2.45, 2.75) is 17.3 Å². The number of carbonyl (C=O) groups excluding carboxylic acids is 1. The van der Waals surface area contributed by atoms with E-state index in [0.29, 0.717) is 15.9 Å². The van der Waals surface area contributed by atoms with Crippen LogP contribution in [0.4, 0.5) is 5.69 Å². The van der Waals surface area contributed by atoms with Gasteiger partial charge in [0.2, 0.25) is 11.8 Å². The number of methoxy groups -OCH3 is 1. The molecule has 0 spiro atoms. The largest absolute Gasteiger partial charge is 0.481 e. The highest BCUT2D eigenvalue weighted by Gasteiger charge is 2.16. The molecule has 6 nitrogen and oxygen atoms in total. The number of hydrogen-bond acceptors (Lipinski definition) is 5. The van der Waals surface area contributed by atoms with Crippen LogP contribution >= 0.6 is 23.4 Å². The van der Waals surface area contributed by atoms with Crippen LogP contribution in [-0.2, 0) is 4.79 Å². The van der Waals surface area contributed by atoms with Gasteiger partial charge in [-0.3, -0.25) is 9.59 Å². The summed E-state index contributed by atoms with van der Waals surface area (Å²) in [6.45, 7) is 1.72. The van der Waals surface area contributed by atoms with Crippen molar-refractivity contribution in [1.29, 1.82) is 0 Å². The molecule has 0 aliphatic carbocycles. The number of halogens is 1. The summed E-state index contributed by atoms with van der Waals surface area (Å²) in [5, 5.41) is 3.23. The Bertz CT molecular complexity index is 718. The van der Waals surface area contributed by atoms with Gasteiger partial charge in [0.25, 0.3) is 5.56 Å². The van der Waals surface area contributed by atoms with Crippen molar-refractivity contribution >= 4 is 35.0 Å². The van der Waals surface area contributed by atoms with Crippen LogP contribution in [0.25, 0.3) is 0 Å². The summed E-state index contributed by atoms with van der Waals surface area (Å²) in [6.07, 6.45) is 0. The highest BCUT2D eigenvalue weighted by Crippen LogP contribution is 2.21. The van der Waals surface area contributed by atoms with Gasteiger partial charge in [-0.1, -0.05) is 23.4 Å². The summed E-state index contributed by atoms with van der Waals surface area (Å²) < 4.78 is 4.93. The third kappa shape index (κ3) is 4.51. The lowest BCUT2D eigenvalue weighted by molar-refractivity contribution is -0.115. The molecule has 1 amide bonds. The van der Waals surface area contributed by atoms with Gasteiger partial charge in [0.05, 0.1) is 18.4 Å². The molecule has 2 N–H and O–H groups in total. The van der Waals surface area contributed by atoms with Crippen LogP contribution in [0.15, 0.2) is 40.3 Å². The molecule has 0 radical (unpaired) electrons. The van der Waals surface area contributed by atoms with Gasteiger partial charge in [-0.15, -0.1) is 0 Å². The molecular formula is C14H14ClN3O3S. The summed E-state index contributed by atoms with van der Waals surface area (Å²) >= 11 is 6.92. The maximum absolute atomic E-state index is 12.1. The Morgan fingerprint density at radius 3 is 2.73 bits per heavy atom. The van der Waals surface area contributed by atoms with E-state index in [0.717, 1.165) is 11.8 Å². The number of benzene rings is 1. The smallest absolute Gasteiger partial charge is 0.255 e. The van der Waals surface area contributed by atoms with Crippen molar-refractivity contribution in [2.75, 3.05) is 12.4 Å². The van der Waals surface area contributed by atoms with Crippen molar-refractivity contribution in [3.63, 3.8) is 0 Å². The minimum Gasteiger partial charge on any atom is -0.481 e. The number of anilines is 1. The SMILES string of the molecule is COc1cc(=O)[nH]c(SC(C)C(=O)Nc2ccc(Cl)cc2)n1. The van der Waals surface area contributed by atoms with Crippen LogP contribution < -0.4 is 15.6 Å². The van der Waals surface area contributed by atoms with E-state index in [9.17, 15) is 9.59 Å². The van der Waals surface area contributed by atoms with Crippen LogP contribution in [0.5, 0.6) is 5.88 Å². The first-order chi connectivity index (χ1) is 10.5. The Morgan fingerprint density at radius 2 is 2.09 bits per heavy atom. The molecule has 1 aromatic carbocycles. The molecule has 0 aliphatic rings. The molecule has 8 heteroatoms. The molecule has 1 heterocycles. The molecule has 0 saturated carbocycles. The highest BCUT2D eigenvalue weighted by molar-refractivity contribution is 8.00. The number of nitrogens with one attached hydrogen (secondary N) is 2. The minimum atomic E-state index is -0.453. The molecule has 0 bridgehead atoms. The maximum atomic E-state index is 12.1. The number of aromatic nitrogens is 2. The predicted octanol–water partition coefficient (Wildman–Crippen LogP) is 2.55. The van der Waals surface area contributed by atoms with E-state index in [-0.39, 0.29) is 17.3 Å². The molecule has 22 heavy (non-hydrogen) atoms. The van der Waals surface area contributed by atoms with E-state index >= 15 is 0 Å². The lowest BCUT2D eigenvalue weighted by Crippen LogP contribution is -2.23. The standard InChI is InChI=1S/C14H14ClN3O3S/c1-8(13(20)16-10-5-3-9(15)4-6-10)22-14-17-11(19)7-12(18-14)21-2/h3-8H,1-2H3,(H,16,20)(H,17,18,19). The first-order valence-electron chi connectivity index (χ1n) is 6.36. The predicted molar refractivity (Wildman–Crippen MR) is 86.8 cm³/mol. The molecule has 1 atom stereocenters. The molecule has 116 valence electrons. The van der Waals surface area contributed by atoms with Gasteiger partial charge < -0.3 is 15.0 Å². The van der Waals surface area contributed by atoms with Crippen molar-refractivity contribution in [3.8, 4) is 5.88 Å². The van der Waals surface area contributed by atoms with Crippen LogP contribution in [0, 0.1) is 0 Å². The summed E-state index contributed by atoms with van der Waals surface area (Å²) in [6, 6.07) is 8.04. The Hall–Kier alpha value is -1.99. The molecule has 1 unspecified atom stereocenters. The van der Waals surface area contributed by atoms with Gasteiger partial charge >= 0.3 is 0 Å². The average molecular weight is 340 g/mol. The van der Waals surface area contributed by atoms with Gasteiger partial charge in [0.1, 0.15) is 0 Å². The number of hydrogen-bond donors (Lipinski definition) is 2. The van der Waals surface area contributed by atoms with Gasteiger partial charge in [-0.2, -0.15) is 4.98 Å². The van der Waals surface area contributed by atoms with E-state index in [1.54, 1.807) is 31.2 Å². The Balaban J connectivity index is 2.03. The molecule has 2 rings (SSSR count). The van der Waals surface area contributed by atoms with Crippen LogP contribution in [0.3, 0.4) is 0 Å². The zero-order valence-electron chi connectivity index (χ0n) is 11.9. The Morgan fingerprint density at radius 1 is 1.41 bits per heavy atom. The van der Waals surface area contributed by atoms with Crippen molar-refractivity contribution in [3.05, 3.63) is 45.7 Å². The third-order valence-electron chi connectivity index (χ3n) is 2.67. The second kappa shape index (κ2) is 7.33. The number of thioether (sulfide) groups is 1. The Kier molecular flexibility index (Phi) is 5.46. The fraction of sp³-hybridized carbons (Fsp3) is 0.214. The van der Waals surface area contributed by atoms with Crippen LogP contribution in [-0.4, -0.2) is 28.2 Å². The number of H-pyrrole nitrogens is 1. The van der Waals surface area contributed by atoms with E-state index in [4.69, 9.17) is 16.3 Å². The number of amides is 1. The number of ether oxygens (including phenoxy) is 1. The fourth-order valence-electron chi connectivity index (χ4n) is 1.57. The third-order valence-corrected chi connectivity index (χ3v) is 3.91. The summed E-state index contributed by atoms with van der Waals surface area (Å²) in [7, 11) is 1.42. The van der Waals surface area contributed by atoms with Crippen molar-refractivity contribution in [2.24, 2.45) is 0 Å². The number of aromatic amines is 1. The lowest BCUT2D eigenvalue weighted by Gasteiger charge is -2.11. The normalized spacial score (nSPS) is 11.8. The summed E-state index contributed by atoms with van der Waals surface area (Å²) in [5.41, 5.74) is 0.314. The van der Waals surface area contributed by atoms with E-state index in [2.05, 4.69) is 15.3 Å². The molecule has 0 aliphatic heterocycles. The monoisotopic (exact) mass is 339 g/mol. The van der Waals surface area contributed by atoms with E-state index in [1.807, 2.05) is 0 Å². The summed E-state index contributed by atoms with van der Waals surface area (Å²) in [4.78, 5) is 30.2. The quantitative estimate of drug-likeness (QED) is 0.646. The minimum absolute atomic E-state index is 0.205. The molecule has 2 aromatic rings. The number of nitrogens with zero attached hydrogens (tertiary/aromatic N) is 1. The zero-order chi connectivity index (χ0) is 16.1. The molecule has 1 aromatic heterocycles. The zero-order valence-corrected chi connectivity index (χ0v) is 13.5. The van der Waals surface area contributed by atoms with Crippen LogP contribution in [0.1, 0.15) is 6.92 Å².